The summed E-state index contributed by atoms with van der Waals surface area (Å²) in [6.45, 7) is 11.6. The first-order chi connectivity index (χ1) is 7.51. The molecule has 0 heterocycles. The fourth-order valence-electron chi connectivity index (χ4n) is 2.00. The summed E-state index contributed by atoms with van der Waals surface area (Å²) in [4.78, 5) is 0. The van der Waals surface area contributed by atoms with Gasteiger partial charge in [-0.3, -0.25) is 0 Å². The molecule has 1 unspecified atom stereocenters. The van der Waals surface area contributed by atoms with E-state index in [2.05, 4.69) is 62.3 Å². The summed E-state index contributed by atoms with van der Waals surface area (Å²) in [5.41, 5.74) is 0.539. The van der Waals surface area contributed by atoms with E-state index in [1.165, 1.54) is 36.8 Å². The van der Waals surface area contributed by atoms with Gasteiger partial charge in [0.15, 0.2) is 0 Å². The van der Waals surface area contributed by atoms with Gasteiger partial charge in [-0.1, -0.05) is 63.4 Å². The molecule has 0 radical (unpaired) electrons. The molecule has 16 heavy (non-hydrogen) atoms. The molecule has 0 bridgehead atoms. The first kappa shape index (κ1) is 16.8. The minimum Gasteiger partial charge on any atom is -0.158 e. The lowest BCUT2D eigenvalue weighted by Gasteiger charge is -2.33. The Bertz CT molecular complexity index is 162. The van der Waals surface area contributed by atoms with Gasteiger partial charge >= 0.3 is 0 Å². The maximum Gasteiger partial charge on any atom is 0.00958 e. The normalized spacial score (nSPS) is 14.4. The van der Waals surface area contributed by atoms with Gasteiger partial charge in [-0.2, -0.15) is 11.8 Å². The average molecular weight is 309 g/mol. The van der Waals surface area contributed by atoms with Crippen LogP contribution in [0.4, 0.5) is 0 Å². The summed E-state index contributed by atoms with van der Waals surface area (Å²) in [5, 5.41) is 1.95. The highest BCUT2D eigenvalue weighted by molar-refractivity contribution is 9.09. The molecule has 0 N–H and O–H groups in total. The van der Waals surface area contributed by atoms with Crippen LogP contribution >= 0.6 is 27.7 Å². The summed E-state index contributed by atoms with van der Waals surface area (Å²) in [7, 11) is 0. The van der Waals surface area contributed by atoms with Crippen molar-refractivity contribution in [3.63, 3.8) is 0 Å². The van der Waals surface area contributed by atoms with Crippen LogP contribution < -0.4 is 0 Å². The summed E-state index contributed by atoms with van der Waals surface area (Å²) >= 11 is 5.91. The first-order valence-corrected chi connectivity index (χ1v) is 8.86. The second kappa shape index (κ2) is 8.85. The maximum absolute atomic E-state index is 3.75. The van der Waals surface area contributed by atoms with Gasteiger partial charge < -0.3 is 0 Å². The molecule has 0 aromatic carbocycles. The molecule has 2 heteroatoms. The van der Waals surface area contributed by atoms with Crippen LogP contribution in [-0.4, -0.2) is 16.3 Å². The second-order valence-electron chi connectivity index (χ2n) is 5.39. The van der Waals surface area contributed by atoms with Crippen molar-refractivity contribution >= 4 is 27.7 Å². The van der Waals surface area contributed by atoms with E-state index in [1.54, 1.807) is 0 Å². The van der Waals surface area contributed by atoms with Crippen molar-refractivity contribution in [1.82, 2.24) is 0 Å². The number of rotatable bonds is 9. The lowest BCUT2D eigenvalue weighted by Crippen LogP contribution is -2.27. The van der Waals surface area contributed by atoms with Crippen LogP contribution in [0.5, 0.6) is 0 Å². The molecule has 0 fully saturated rings. The van der Waals surface area contributed by atoms with Gasteiger partial charge in [0.25, 0.3) is 0 Å². The quantitative estimate of drug-likeness (QED) is 0.489. The Kier molecular flexibility index (Phi) is 9.31. The van der Waals surface area contributed by atoms with E-state index in [0.717, 1.165) is 11.2 Å². The fraction of sp³-hybridized carbons (Fsp3) is 1.00. The van der Waals surface area contributed by atoms with Crippen LogP contribution in [0.15, 0.2) is 0 Å². The SMILES string of the molecule is CCCC(CBr)(CCC)CSC(C)C(C)C. The smallest absolute Gasteiger partial charge is 0.00958 e. The fourth-order valence-corrected chi connectivity index (χ4v) is 4.42. The minimum atomic E-state index is 0.539. The lowest BCUT2D eigenvalue weighted by atomic mass is 9.83. The van der Waals surface area contributed by atoms with Gasteiger partial charge in [0.05, 0.1) is 0 Å². The Morgan fingerprint density at radius 1 is 1.06 bits per heavy atom. The van der Waals surface area contributed by atoms with Crippen molar-refractivity contribution in [1.29, 1.82) is 0 Å². The zero-order valence-corrected chi connectivity index (χ0v) is 14.1. The van der Waals surface area contributed by atoms with Crippen molar-refractivity contribution in [2.75, 3.05) is 11.1 Å². The molecule has 0 aliphatic carbocycles. The third-order valence-corrected chi connectivity index (χ3v) is 6.47. The molecule has 0 aromatic rings. The Morgan fingerprint density at radius 3 is 1.88 bits per heavy atom. The van der Waals surface area contributed by atoms with Crippen LogP contribution in [0.2, 0.25) is 0 Å². The van der Waals surface area contributed by atoms with Gasteiger partial charge in [0, 0.05) is 10.6 Å². The van der Waals surface area contributed by atoms with E-state index < -0.39 is 0 Å². The molecule has 0 nitrogen and oxygen atoms in total. The molecule has 1 atom stereocenters. The summed E-state index contributed by atoms with van der Waals surface area (Å²) in [6, 6.07) is 0. The van der Waals surface area contributed by atoms with Gasteiger partial charge in [0.2, 0.25) is 0 Å². The topological polar surface area (TPSA) is 0 Å². The average Bonchev–Trinajstić information content (AvgIpc) is 2.25. The van der Waals surface area contributed by atoms with E-state index in [9.17, 15) is 0 Å². The highest BCUT2D eigenvalue weighted by Crippen LogP contribution is 2.37. The number of halogens is 1. The molecular weight excluding hydrogens is 280 g/mol. The molecule has 0 saturated carbocycles. The third-order valence-electron chi connectivity index (χ3n) is 3.44. The van der Waals surface area contributed by atoms with Crippen LogP contribution in [-0.2, 0) is 0 Å². The van der Waals surface area contributed by atoms with Crippen molar-refractivity contribution < 1.29 is 0 Å². The van der Waals surface area contributed by atoms with E-state index in [1.807, 2.05) is 0 Å². The molecule has 0 rings (SSSR count). The zero-order chi connectivity index (χ0) is 12.6. The lowest BCUT2D eigenvalue weighted by molar-refractivity contribution is 0.319. The maximum atomic E-state index is 3.75. The predicted molar refractivity (Wildman–Crippen MR) is 82.8 cm³/mol. The van der Waals surface area contributed by atoms with Crippen molar-refractivity contribution in [3.8, 4) is 0 Å². The molecule has 0 aliphatic heterocycles. The number of thioether (sulfide) groups is 1. The van der Waals surface area contributed by atoms with Crippen molar-refractivity contribution in [3.05, 3.63) is 0 Å². The molecule has 0 aliphatic rings. The monoisotopic (exact) mass is 308 g/mol. The van der Waals surface area contributed by atoms with Gasteiger partial charge in [-0.15, -0.1) is 0 Å². The Morgan fingerprint density at radius 2 is 1.56 bits per heavy atom. The largest absolute Gasteiger partial charge is 0.158 e. The van der Waals surface area contributed by atoms with Crippen LogP contribution in [0.25, 0.3) is 0 Å². The molecule has 98 valence electrons. The Balaban J connectivity index is 4.29. The van der Waals surface area contributed by atoms with Crippen molar-refractivity contribution in [2.45, 2.75) is 65.6 Å². The summed E-state index contributed by atoms with van der Waals surface area (Å²) in [6.07, 6.45) is 5.35. The Labute approximate surface area is 115 Å². The van der Waals surface area contributed by atoms with Crippen molar-refractivity contribution in [2.24, 2.45) is 11.3 Å². The Hall–Kier alpha value is 0.830. The predicted octanol–water partition coefficient (Wildman–Crippen LogP) is 5.75. The van der Waals surface area contributed by atoms with E-state index >= 15 is 0 Å². The van der Waals surface area contributed by atoms with E-state index in [4.69, 9.17) is 0 Å². The molecule has 0 saturated heterocycles. The third kappa shape index (κ3) is 5.95. The highest BCUT2D eigenvalue weighted by Gasteiger charge is 2.28. The van der Waals surface area contributed by atoms with Crippen LogP contribution in [0, 0.1) is 11.3 Å². The van der Waals surface area contributed by atoms with Crippen LogP contribution in [0.3, 0.4) is 0 Å². The first-order valence-electron chi connectivity index (χ1n) is 6.69. The van der Waals surface area contributed by atoms with Gasteiger partial charge in [-0.05, 0) is 29.9 Å². The number of hydrogen-bond acceptors (Lipinski definition) is 1. The minimum absolute atomic E-state index is 0.539. The van der Waals surface area contributed by atoms with Crippen LogP contribution in [0.1, 0.15) is 60.3 Å². The van der Waals surface area contributed by atoms with Gasteiger partial charge in [-0.25, -0.2) is 0 Å². The second-order valence-corrected chi connectivity index (χ2v) is 7.32. The van der Waals surface area contributed by atoms with E-state index in [-0.39, 0.29) is 0 Å². The molecule has 0 aromatic heterocycles. The zero-order valence-electron chi connectivity index (χ0n) is 11.7. The standard InChI is InChI=1S/C14H29BrS/c1-6-8-14(10-15,9-7-2)11-16-13(5)12(3)4/h12-13H,6-11H2,1-5H3. The highest BCUT2D eigenvalue weighted by atomic mass is 79.9. The molecule has 0 amide bonds. The van der Waals surface area contributed by atoms with E-state index in [0.29, 0.717) is 5.41 Å². The summed E-state index contributed by atoms with van der Waals surface area (Å²) in [5.74, 6) is 2.11. The molecule has 0 spiro atoms. The number of hydrogen-bond donors (Lipinski definition) is 0. The number of alkyl halides is 1. The summed E-state index contributed by atoms with van der Waals surface area (Å²) < 4.78 is 0. The van der Waals surface area contributed by atoms with Gasteiger partial charge in [0.1, 0.15) is 0 Å². The molecular formula is C14H29BrS.